The Bertz CT molecular complexity index is 1550. The van der Waals surface area contributed by atoms with Gasteiger partial charge < -0.3 is 20.7 Å². The number of carbonyl (C=O) groups is 3. The normalized spacial score (nSPS) is 11.0. The van der Waals surface area contributed by atoms with Crippen LogP contribution in [0.4, 0.5) is 11.4 Å². The van der Waals surface area contributed by atoms with Gasteiger partial charge in [-0.25, -0.2) is 0 Å². The molecular weight excluding hydrogens is 558 g/mol. The Morgan fingerprint density at radius 2 is 1.51 bits per heavy atom. The van der Waals surface area contributed by atoms with Crippen LogP contribution in [0, 0.1) is 6.92 Å². The van der Waals surface area contributed by atoms with E-state index in [-0.39, 0.29) is 23.3 Å². The van der Waals surface area contributed by atoms with Gasteiger partial charge in [0.1, 0.15) is 11.4 Å². The number of unbranched alkanes of at least 4 members (excludes halogenated alkanes) is 1. The maximum Gasteiger partial charge on any atom is 0.272 e. The monoisotopic (exact) mass is 593 g/mol. The highest BCUT2D eigenvalue weighted by Gasteiger charge is 2.15. The van der Waals surface area contributed by atoms with Crippen LogP contribution in [0.3, 0.4) is 0 Å². The maximum absolute atomic E-state index is 13.3. The molecule has 0 fully saturated rings. The summed E-state index contributed by atoms with van der Waals surface area (Å²) in [5, 5.41) is 8.51. The van der Waals surface area contributed by atoms with Gasteiger partial charge in [0.2, 0.25) is 5.91 Å². The second-order valence-electron chi connectivity index (χ2n) is 9.83. The third kappa shape index (κ3) is 10.2. The van der Waals surface area contributed by atoms with Gasteiger partial charge in [0.15, 0.2) is 0 Å². The van der Waals surface area contributed by atoms with Crippen molar-refractivity contribution in [2.75, 3.05) is 23.0 Å². The Kier molecular flexibility index (Phi) is 11.6. The van der Waals surface area contributed by atoms with Gasteiger partial charge >= 0.3 is 0 Å². The van der Waals surface area contributed by atoms with Gasteiger partial charge in [-0.15, -0.1) is 11.8 Å². The van der Waals surface area contributed by atoms with Crippen molar-refractivity contribution in [3.63, 3.8) is 0 Å². The summed E-state index contributed by atoms with van der Waals surface area (Å²) < 4.78 is 5.66. The average molecular weight is 594 g/mol. The van der Waals surface area contributed by atoms with Crippen LogP contribution in [0.5, 0.6) is 5.75 Å². The number of hydrogen-bond donors (Lipinski definition) is 3. The molecule has 0 saturated carbocycles. The molecule has 0 aliphatic carbocycles. The molecule has 4 aromatic carbocycles. The lowest BCUT2D eigenvalue weighted by Crippen LogP contribution is -2.30. The predicted molar refractivity (Wildman–Crippen MR) is 174 cm³/mol. The Morgan fingerprint density at radius 1 is 0.814 bits per heavy atom. The van der Waals surface area contributed by atoms with Crippen molar-refractivity contribution in [3.8, 4) is 5.75 Å². The highest BCUT2D eigenvalue weighted by Crippen LogP contribution is 2.22. The molecule has 4 rings (SSSR count). The zero-order valence-electron chi connectivity index (χ0n) is 24.3. The topological polar surface area (TPSA) is 96.5 Å². The van der Waals surface area contributed by atoms with E-state index in [1.54, 1.807) is 42.5 Å². The van der Waals surface area contributed by atoms with Gasteiger partial charge in [-0.2, -0.15) is 0 Å². The maximum atomic E-state index is 13.3. The van der Waals surface area contributed by atoms with Crippen molar-refractivity contribution in [1.29, 1.82) is 0 Å². The Labute approximate surface area is 256 Å². The molecule has 0 aliphatic rings. The number of ether oxygens (including phenoxy) is 1. The van der Waals surface area contributed by atoms with Crippen LogP contribution in [0.15, 0.2) is 114 Å². The number of anilines is 2. The molecule has 43 heavy (non-hydrogen) atoms. The van der Waals surface area contributed by atoms with E-state index in [4.69, 9.17) is 4.74 Å². The van der Waals surface area contributed by atoms with Crippen LogP contribution in [0.25, 0.3) is 6.08 Å². The van der Waals surface area contributed by atoms with Gasteiger partial charge in [0, 0.05) is 21.8 Å². The first-order chi connectivity index (χ1) is 20.9. The highest BCUT2D eigenvalue weighted by molar-refractivity contribution is 8.00. The summed E-state index contributed by atoms with van der Waals surface area (Å²) >= 11 is 1.39. The first-order valence-corrected chi connectivity index (χ1v) is 15.1. The zero-order chi connectivity index (χ0) is 30.4. The molecule has 7 nitrogen and oxygen atoms in total. The molecule has 0 aromatic heterocycles. The number of aryl methyl sites for hydroxylation is 1. The Hall–Kier alpha value is -4.82. The average Bonchev–Trinajstić information content (AvgIpc) is 3.02. The van der Waals surface area contributed by atoms with E-state index in [2.05, 4.69) is 22.9 Å². The molecular formula is C35H35N3O4S. The molecule has 0 atom stereocenters. The smallest absolute Gasteiger partial charge is 0.272 e. The minimum atomic E-state index is -0.452. The van der Waals surface area contributed by atoms with Crippen molar-refractivity contribution in [2.45, 2.75) is 31.6 Å². The summed E-state index contributed by atoms with van der Waals surface area (Å²) in [6.07, 6.45) is 3.73. The molecule has 8 heteroatoms. The molecule has 0 saturated heterocycles. The summed E-state index contributed by atoms with van der Waals surface area (Å²) in [6.45, 7) is 4.76. The lowest BCUT2D eigenvalue weighted by atomic mass is 10.1. The zero-order valence-corrected chi connectivity index (χ0v) is 25.1. The summed E-state index contributed by atoms with van der Waals surface area (Å²) in [5.74, 6) is 0.0600. The van der Waals surface area contributed by atoms with E-state index in [1.807, 2.05) is 73.7 Å². The fourth-order valence-electron chi connectivity index (χ4n) is 4.02. The molecule has 0 aliphatic heterocycles. The predicted octanol–water partition coefficient (Wildman–Crippen LogP) is 7.31. The highest BCUT2D eigenvalue weighted by atomic mass is 32.2. The standard InChI is InChI=1S/C35H35N3O4S/c1-3-4-21-42-30-17-13-28(14-18-30)36-33(39)24-43-31-19-15-29(16-20-31)37-35(41)32(23-26-10-8-9-25(2)22-26)38-34(40)27-11-6-5-7-12-27/h5-20,22-23H,3-4,21,24H2,1-2H3,(H,36,39)(H,37,41)(H,38,40)/b32-23-. The third-order valence-corrected chi connectivity index (χ3v) is 7.28. The molecule has 4 aromatic rings. The molecule has 0 heterocycles. The number of rotatable bonds is 13. The molecule has 220 valence electrons. The van der Waals surface area contributed by atoms with Crippen LogP contribution < -0.4 is 20.7 Å². The fraction of sp³-hybridized carbons (Fsp3) is 0.171. The first kappa shape index (κ1) is 31.1. The van der Waals surface area contributed by atoms with E-state index in [0.29, 0.717) is 23.5 Å². The summed E-state index contributed by atoms with van der Waals surface area (Å²) in [7, 11) is 0. The van der Waals surface area contributed by atoms with Crippen LogP contribution in [0.1, 0.15) is 41.3 Å². The molecule has 0 unspecified atom stereocenters. The van der Waals surface area contributed by atoms with Crippen molar-refractivity contribution in [3.05, 3.63) is 126 Å². The third-order valence-electron chi connectivity index (χ3n) is 6.27. The van der Waals surface area contributed by atoms with Crippen LogP contribution in [0.2, 0.25) is 0 Å². The van der Waals surface area contributed by atoms with E-state index in [1.165, 1.54) is 11.8 Å². The minimum Gasteiger partial charge on any atom is -0.494 e. The van der Waals surface area contributed by atoms with Crippen molar-refractivity contribution in [1.82, 2.24) is 5.32 Å². The van der Waals surface area contributed by atoms with Gasteiger partial charge in [0.05, 0.1) is 12.4 Å². The fourth-order valence-corrected chi connectivity index (χ4v) is 4.72. The number of nitrogens with one attached hydrogen (secondary N) is 3. The van der Waals surface area contributed by atoms with Gasteiger partial charge in [-0.1, -0.05) is 61.4 Å². The number of carbonyl (C=O) groups excluding carboxylic acids is 3. The summed E-state index contributed by atoms with van der Waals surface area (Å²) in [6, 6.07) is 30.9. The minimum absolute atomic E-state index is 0.120. The molecule has 3 N–H and O–H groups in total. The Balaban J connectivity index is 1.33. The first-order valence-electron chi connectivity index (χ1n) is 14.1. The lowest BCUT2D eigenvalue weighted by molar-refractivity contribution is -0.114. The molecule has 0 spiro atoms. The van der Waals surface area contributed by atoms with Crippen LogP contribution in [-0.4, -0.2) is 30.1 Å². The van der Waals surface area contributed by atoms with E-state index in [9.17, 15) is 14.4 Å². The second kappa shape index (κ2) is 16.0. The number of amides is 3. The van der Waals surface area contributed by atoms with Crippen molar-refractivity contribution in [2.24, 2.45) is 0 Å². The molecule has 0 radical (unpaired) electrons. The summed E-state index contributed by atoms with van der Waals surface area (Å²) in [5.41, 5.74) is 3.67. The van der Waals surface area contributed by atoms with Gasteiger partial charge in [0.25, 0.3) is 11.8 Å². The van der Waals surface area contributed by atoms with Gasteiger partial charge in [-0.05, 0) is 85.6 Å². The van der Waals surface area contributed by atoms with E-state index in [0.717, 1.165) is 34.6 Å². The largest absolute Gasteiger partial charge is 0.494 e. The molecule has 0 bridgehead atoms. The van der Waals surface area contributed by atoms with E-state index >= 15 is 0 Å². The SMILES string of the molecule is CCCCOc1ccc(NC(=O)CSc2ccc(NC(=O)/C(=C/c3cccc(C)c3)NC(=O)c3ccccc3)cc2)cc1. The lowest BCUT2D eigenvalue weighted by Gasteiger charge is -2.12. The van der Waals surface area contributed by atoms with Crippen molar-refractivity contribution < 1.29 is 19.1 Å². The number of thioether (sulfide) groups is 1. The van der Waals surface area contributed by atoms with Crippen molar-refractivity contribution >= 4 is 46.9 Å². The molecule has 3 amide bonds. The quantitative estimate of drug-likeness (QED) is 0.0858. The van der Waals surface area contributed by atoms with Crippen LogP contribution in [-0.2, 0) is 9.59 Å². The summed E-state index contributed by atoms with van der Waals surface area (Å²) in [4.78, 5) is 39.5. The second-order valence-corrected chi connectivity index (χ2v) is 10.9. The number of benzene rings is 4. The van der Waals surface area contributed by atoms with Gasteiger partial charge in [-0.3, -0.25) is 14.4 Å². The Morgan fingerprint density at radius 3 is 2.21 bits per heavy atom. The van der Waals surface area contributed by atoms with E-state index < -0.39 is 5.91 Å². The van der Waals surface area contributed by atoms with Crippen LogP contribution >= 0.6 is 11.8 Å². The number of hydrogen-bond acceptors (Lipinski definition) is 5.